The lowest BCUT2D eigenvalue weighted by Gasteiger charge is -1.93. The molecule has 4 heteroatoms. The predicted octanol–water partition coefficient (Wildman–Crippen LogP) is 1.95. The second-order valence-corrected chi connectivity index (χ2v) is 4.17. The van der Waals surface area contributed by atoms with E-state index in [0.29, 0.717) is 5.52 Å². The molecule has 0 radical (unpaired) electrons. The molecule has 60 valence electrons. The summed E-state index contributed by atoms with van der Waals surface area (Å²) < 4.78 is 1.61. The highest BCUT2D eigenvalue weighted by Crippen LogP contribution is 2.18. The lowest BCUT2D eigenvalue weighted by Crippen LogP contribution is -1.99. The fourth-order valence-corrected chi connectivity index (χ4v) is 2.18. The van der Waals surface area contributed by atoms with Gasteiger partial charge in [0, 0.05) is 12.3 Å². The first-order valence-corrected chi connectivity index (χ1v) is 4.61. The minimum Gasteiger partial charge on any atom is -0.287 e. The molecule has 12 heavy (non-hydrogen) atoms. The summed E-state index contributed by atoms with van der Waals surface area (Å²) in [6.07, 6.45) is 1.62. The third-order valence-electron chi connectivity index (χ3n) is 1.47. The van der Waals surface area contributed by atoms with Crippen LogP contribution in [0.2, 0.25) is 0 Å². The SMILES string of the molecule is O=c1cc(S)sc2cccnc12. The van der Waals surface area contributed by atoms with Gasteiger partial charge in [0.2, 0.25) is 5.43 Å². The number of rotatable bonds is 0. The summed E-state index contributed by atoms with van der Waals surface area (Å²) in [6.45, 7) is 0. The molecule has 0 aliphatic rings. The average Bonchev–Trinajstić information content (AvgIpc) is 2.04. The third kappa shape index (κ3) is 1.23. The van der Waals surface area contributed by atoms with Crippen molar-refractivity contribution in [3.8, 4) is 0 Å². The molecule has 0 aliphatic carbocycles. The van der Waals surface area contributed by atoms with Crippen molar-refractivity contribution in [1.82, 2.24) is 4.98 Å². The normalized spacial score (nSPS) is 10.4. The number of thiol groups is 1. The molecular formula is C8H5NOS2. The van der Waals surface area contributed by atoms with Gasteiger partial charge in [0.25, 0.3) is 0 Å². The van der Waals surface area contributed by atoms with Crippen molar-refractivity contribution >= 4 is 34.2 Å². The van der Waals surface area contributed by atoms with Crippen LogP contribution in [-0.4, -0.2) is 4.98 Å². The zero-order chi connectivity index (χ0) is 8.55. The Morgan fingerprint density at radius 1 is 1.50 bits per heavy atom. The molecule has 2 aromatic heterocycles. The van der Waals surface area contributed by atoms with E-state index < -0.39 is 0 Å². The number of aromatic nitrogens is 1. The van der Waals surface area contributed by atoms with E-state index in [2.05, 4.69) is 17.6 Å². The molecule has 0 aromatic carbocycles. The van der Waals surface area contributed by atoms with E-state index in [-0.39, 0.29) is 5.43 Å². The molecule has 0 fully saturated rings. The Kier molecular flexibility index (Phi) is 1.86. The number of hydrogen-bond donors (Lipinski definition) is 1. The summed E-state index contributed by atoms with van der Waals surface area (Å²) in [5, 5.41) is 0. The van der Waals surface area contributed by atoms with Gasteiger partial charge in [0.1, 0.15) is 5.52 Å². The van der Waals surface area contributed by atoms with Gasteiger partial charge in [-0.15, -0.1) is 24.0 Å². The van der Waals surface area contributed by atoms with Crippen molar-refractivity contribution in [2.45, 2.75) is 4.21 Å². The quantitative estimate of drug-likeness (QED) is 0.651. The maximum atomic E-state index is 11.3. The van der Waals surface area contributed by atoms with E-state index >= 15 is 0 Å². The lowest BCUT2D eigenvalue weighted by molar-refractivity contribution is 1.39. The second-order valence-electron chi connectivity index (χ2n) is 2.30. The first kappa shape index (κ1) is 7.76. The monoisotopic (exact) mass is 195 g/mol. The zero-order valence-electron chi connectivity index (χ0n) is 6.02. The minimum absolute atomic E-state index is 0.0608. The van der Waals surface area contributed by atoms with Crippen molar-refractivity contribution in [1.29, 1.82) is 0 Å². The van der Waals surface area contributed by atoms with Gasteiger partial charge in [-0.05, 0) is 12.1 Å². The molecule has 0 spiro atoms. The van der Waals surface area contributed by atoms with Crippen molar-refractivity contribution in [2.75, 3.05) is 0 Å². The first-order valence-electron chi connectivity index (χ1n) is 3.35. The molecule has 0 atom stereocenters. The van der Waals surface area contributed by atoms with Gasteiger partial charge < -0.3 is 0 Å². The number of nitrogens with zero attached hydrogens (tertiary/aromatic N) is 1. The van der Waals surface area contributed by atoms with Crippen LogP contribution in [0.1, 0.15) is 0 Å². The van der Waals surface area contributed by atoms with Crippen LogP contribution in [0.25, 0.3) is 10.2 Å². The fraction of sp³-hybridized carbons (Fsp3) is 0. The summed E-state index contributed by atoms with van der Waals surface area (Å²) in [5.41, 5.74) is 0.467. The van der Waals surface area contributed by atoms with E-state index in [1.165, 1.54) is 17.4 Å². The summed E-state index contributed by atoms with van der Waals surface area (Å²) in [7, 11) is 0. The van der Waals surface area contributed by atoms with Gasteiger partial charge in [-0.25, -0.2) is 0 Å². The highest BCUT2D eigenvalue weighted by atomic mass is 32.2. The van der Waals surface area contributed by atoms with Crippen molar-refractivity contribution in [3.05, 3.63) is 34.6 Å². The maximum Gasteiger partial charge on any atom is 0.207 e. The highest BCUT2D eigenvalue weighted by Gasteiger charge is 1.99. The first-order chi connectivity index (χ1) is 5.77. The van der Waals surface area contributed by atoms with Gasteiger partial charge in [-0.3, -0.25) is 9.78 Å². The van der Waals surface area contributed by atoms with Crippen LogP contribution in [0.15, 0.2) is 33.4 Å². The van der Waals surface area contributed by atoms with Crippen molar-refractivity contribution in [3.63, 3.8) is 0 Å². The van der Waals surface area contributed by atoms with Crippen LogP contribution < -0.4 is 5.43 Å². The molecule has 0 aliphatic heterocycles. The van der Waals surface area contributed by atoms with Gasteiger partial charge >= 0.3 is 0 Å². The topological polar surface area (TPSA) is 30.0 Å². The molecule has 2 aromatic rings. The Hall–Kier alpha value is -0.870. The molecule has 0 saturated carbocycles. The zero-order valence-corrected chi connectivity index (χ0v) is 7.73. The number of hydrogen-bond acceptors (Lipinski definition) is 4. The van der Waals surface area contributed by atoms with Crippen LogP contribution in [0.5, 0.6) is 0 Å². The van der Waals surface area contributed by atoms with E-state index in [9.17, 15) is 4.79 Å². The summed E-state index contributed by atoms with van der Waals surface area (Å²) >= 11 is 5.58. The highest BCUT2D eigenvalue weighted by molar-refractivity contribution is 7.83. The standard InChI is InChI=1S/C8H5NOS2/c10-5-4-7(11)12-6-2-1-3-9-8(5)6/h1-4,11H. The van der Waals surface area contributed by atoms with E-state index in [0.717, 1.165) is 8.91 Å². The summed E-state index contributed by atoms with van der Waals surface area (Å²) in [4.78, 5) is 15.3. The van der Waals surface area contributed by atoms with Crippen molar-refractivity contribution < 1.29 is 0 Å². The van der Waals surface area contributed by atoms with Crippen LogP contribution >= 0.6 is 24.0 Å². The molecule has 2 nitrogen and oxygen atoms in total. The van der Waals surface area contributed by atoms with Crippen LogP contribution in [0.3, 0.4) is 0 Å². The second kappa shape index (κ2) is 2.88. The smallest absolute Gasteiger partial charge is 0.207 e. The maximum absolute atomic E-state index is 11.3. The number of fused-ring (bicyclic) bond motifs is 1. The van der Waals surface area contributed by atoms with Gasteiger partial charge in [0.15, 0.2) is 0 Å². The molecule has 0 unspecified atom stereocenters. The number of pyridine rings is 1. The summed E-state index contributed by atoms with van der Waals surface area (Å²) in [6, 6.07) is 5.17. The molecule has 0 amide bonds. The fourth-order valence-electron chi connectivity index (χ4n) is 0.981. The molecule has 0 N–H and O–H groups in total. The largest absolute Gasteiger partial charge is 0.287 e. The Morgan fingerprint density at radius 2 is 2.33 bits per heavy atom. The van der Waals surface area contributed by atoms with Crippen LogP contribution in [0, 0.1) is 0 Å². The Labute approximate surface area is 78.3 Å². The van der Waals surface area contributed by atoms with E-state index in [1.807, 2.05) is 12.1 Å². The minimum atomic E-state index is -0.0608. The molecule has 2 heterocycles. The van der Waals surface area contributed by atoms with Crippen LogP contribution in [-0.2, 0) is 0 Å². The van der Waals surface area contributed by atoms with Gasteiger partial charge in [-0.2, -0.15) is 0 Å². The van der Waals surface area contributed by atoms with E-state index in [4.69, 9.17) is 0 Å². The molecule has 2 rings (SSSR count). The van der Waals surface area contributed by atoms with Crippen molar-refractivity contribution in [2.24, 2.45) is 0 Å². The lowest BCUT2D eigenvalue weighted by atomic mass is 10.4. The third-order valence-corrected chi connectivity index (χ3v) is 2.75. The van der Waals surface area contributed by atoms with Gasteiger partial charge in [-0.1, -0.05) is 0 Å². The Balaban J connectivity index is 2.99. The average molecular weight is 195 g/mol. The van der Waals surface area contributed by atoms with Gasteiger partial charge in [0.05, 0.1) is 8.91 Å². The Bertz CT molecular complexity index is 478. The Morgan fingerprint density at radius 3 is 3.17 bits per heavy atom. The van der Waals surface area contributed by atoms with Crippen LogP contribution in [0.4, 0.5) is 0 Å². The summed E-state index contributed by atoms with van der Waals surface area (Å²) in [5.74, 6) is 0. The molecule has 0 saturated heterocycles. The predicted molar refractivity (Wildman–Crippen MR) is 53.1 cm³/mol. The van der Waals surface area contributed by atoms with E-state index in [1.54, 1.807) is 6.20 Å². The molecular weight excluding hydrogens is 190 g/mol. The molecule has 0 bridgehead atoms.